The van der Waals surface area contributed by atoms with E-state index in [-0.39, 0.29) is 5.91 Å². The van der Waals surface area contributed by atoms with Crippen molar-refractivity contribution in [3.05, 3.63) is 35.4 Å². The van der Waals surface area contributed by atoms with Crippen LogP contribution in [0.3, 0.4) is 0 Å². The van der Waals surface area contributed by atoms with Crippen molar-refractivity contribution in [2.24, 2.45) is 5.73 Å². The highest BCUT2D eigenvalue weighted by molar-refractivity contribution is 5.75. The van der Waals surface area contributed by atoms with E-state index in [4.69, 9.17) is 5.73 Å². The molecule has 0 aromatic heterocycles. The quantitative estimate of drug-likeness (QED) is 0.696. The Morgan fingerprint density at radius 1 is 1.11 bits per heavy atom. The Morgan fingerprint density at radius 2 is 1.74 bits per heavy atom. The first-order valence-corrected chi connectivity index (χ1v) is 7.24. The number of rotatable bonds is 9. The van der Waals surface area contributed by atoms with Gasteiger partial charge in [-0.1, -0.05) is 51.0 Å². The fourth-order valence-electron chi connectivity index (χ4n) is 2.16. The van der Waals surface area contributed by atoms with Crippen molar-refractivity contribution in [2.45, 2.75) is 46.1 Å². The van der Waals surface area contributed by atoms with Gasteiger partial charge in [0.05, 0.1) is 6.54 Å². The smallest absolute Gasteiger partial charge is 0.231 e. The molecule has 106 valence electrons. The van der Waals surface area contributed by atoms with Crippen LogP contribution in [0, 0.1) is 0 Å². The molecule has 0 atom stereocenters. The van der Waals surface area contributed by atoms with Gasteiger partial charge in [0.15, 0.2) is 0 Å². The highest BCUT2D eigenvalue weighted by Crippen LogP contribution is 2.09. The normalized spacial score (nSPS) is 10.9. The highest BCUT2D eigenvalue weighted by atomic mass is 16.1. The minimum Gasteiger partial charge on any atom is -0.369 e. The number of unbranched alkanes of at least 4 members (excludes halogenated alkanes) is 2. The third kappa shape index (κ3) is 6.39. The molecule has 1 rings (SSSR count). The van der Waals surface area contributed by atoms with Gasteiger partial charge in [0.1, 0.15) is 0 Å². The molecular formula is C16H26N2O. The molecule has 0 saturated carbocycles. The lowest BCUT2D eigenvalue weighted by Crippen LogP contribution is -2.34. The van der Waals surface area contributed by atoms with Crippen LogP contribution in [0.25, 0.3) is 0 Å². The molecule has 3 nitrogen and oxygen atoms in total. The first-order chi connectivity index (χ1) is 9.15. The minimum atomic E-state index is -0.248. The third-order valence-corrected chi connectivity index (χ3v) is 3.29. The predicted octanol–water partition coefficient (Wildman–Crippen LogP) is 2.73. The van der Waals surface area contributed by atoms with E-state index in [0.717, 1.165) is 25.9 Å². The van der Waals surface area contributed by atoms with Crippen molar-refractivity contribution in [3.8, 4) is 0 Å². The minimum absolute atomic E-state index is 0.248. The van der Waals surface area contributed by atoms with E-state index in [1.54, 1.807) is 0 Å². The van der Waals surface area contributed by atoms with Crippen molar-refractivity contribution in [1.29, 1.82) is 0 Å². The standard InChI is InChI=1S/C16H26N2O/c1-3-5-6-11-18(13-16(17)19)12-15-9-7-14(4-2)8-10-15/h7-10H,3-6,11-13H2,1-2H3,(H2,17,19). The maximum Gasteiger partial charge on any atom is 0.231 e. The number of aryl methyl sites for hydroxylation is 1. The second-order valence-corrected chi connectivity index (χ2v) is 5.05. The monoisotopic (exact) mass is 262 g/mol. The number of nitrogens with zero attached hydrogens (tertiary/aromatic N) is 1. The Bertz CT molecular complexity index is 373. The Morgan fingerprint density at radius 3 is 2.26 bits per heavy atom. The fraction of sp³-hybridized carbons (Fsp3) is 0.562. The van der Waals surface area contributed by atoms with E-state index in [0.29, 0.717) is 6.54 Å². The number of carbonyl (C=O) groups excluding carboxylic acids is 1. The predicted molar refractivity (Wildman–Crippen MR) is 79.8 cm³/mol. The lowest BCUT2D eigenvalue weighted by Gasteiger charge is -2.20. The summed E-state index contributed by atoms with van der Waals surface area (Å²) in [5, 5.41) is 0. The summed E-state index contributed by atoms with van der Waals surface area (Å²) < 4.78 is 0. The van der Waals surface area contributed by atoms with Gasteiger partial charge in [-0.3, -0.25) is 9.69 Å². The molecule has 0 bridgehead atoms. The number of amides is 1. The Balaban J connectivity index is 2.55. The SMILES string of the molecule is CCCCCN(CC(N)=O)Cc1ccc(CC)cc1. The zero-order valence-corrected chi connectivity index (χ0v) is 12.2. The molecule has 3 heteroatoms. The molecular weight excluding hydrogens is 236 g/mol. The lowest BCUT2D eigenvalue weighted by molar-refractivity contribution is -0.119. The van der Waals surface area contributed by atoms with Crippen LogP contribution in [0.5, 0.6) is 0 Å². The van der Waals surface area contributed by atoms with Crippen LogP contribution in [0.2, 0.25) is 0 Å². The van der Waals surface area contributed by atoms with Gasteiger partial charge in [-0.25, -0.2) is 0 Å². The number of primary amides is 1. The molecule has 0 radical (unpaired) electrons. The maximum atomic E-state index is 11.1. The van der Waals surface area contributed by atoms with Crippen molar-refractivity contribution >= 4 is 5.91 Å². The van der Waals surface area contributed by atoms with Crippen LogP contribution in [-0.2, 0) is 17.8 Å². The van der Waals surface area contributed by atoms with Gasteiger partial charge in [0, 0.05) is 6.54 Å². The van der Waals surface area contributed by atoms with Gasteiger partial charge >= 0.3 is 0 Å². The number of carbonyl (C=O) groups is 1. The van der Waals surface area contributed by atoms with Crippen molar-refractivity contribution < 1.29 is 4.79 Å². The summed E-state index contributed by atoms with van der Waals surface area (Å²) in [6.07, 6.45) is 4.57. The van der Waals surface area contributed by atoms with Crippen molar-refractivity contribution in [3.63, 3.8) is 0 Å². The third-order valence-electron chi connectivity index (χ3n) is 3.29. The molecule has 0 aliphatic heterocycles. The molecule has 2 N–H and O–H groups in total. The van der Waals surface area contributed by atoms with Crippen LogP contribution in [-0.4, -0.2) is 23.9 Å². The van der Waals surface area contributed by atoms with Crippen molar-refractivity contribution in [2.75, 3.05) is 13.1 Å². The molecule has 1 amide bonds. The first-order valence-electron chi connectivity index (χ1n) is 7.24. The summed E-state index contributed by atoms with van der Waals surface area (Å²) in [4.78, 5) is 13.3. The zero-order chi connectivity index (χ0) is 14.1. The molecule has 1 aromatic carbocycles. The van der Waals surface area contributed by atoms with Gasteiger partial charge in [0.25, 0.3) is 0 Å². The molecule has 0 spiro atoms. The van der Waals surface area contributed by atoms with Gasteiger partial charge in [-0.05, 0) is 30.5 Å². The maximum absolute atomic E-state index is 11.1. The van der Waals surface area contributed by atoms with E-state index in [2.05, 4.69) is 43.0 Å². The Hall–Kier alpha value is -1.35. The highest BCUT2D eigenvalue weighted by Gasteiger charge is 2.08. The Labute approximate surface area is 116 Å². The number of nitrogens with two attached hydrogens (primary N) is 1. The second kappa shape index (κ2) is 8.70. The summed E-state index contributed by atoms with van der Waals surface area (Å²) in [6.45, 7) is 6.42. The summed E-state index contributed by atoms with van der Waals surface area (Å²) in [6, 6.07) is 8.60. The van der Waals surface area contributed by atoms with Crippen LogP contribution < -0.4 is 5.73 Å². The summed E-state index contributed by atoms with van der Waals surface area (Å²) in [7, 11) is 0. The largest absolute Gasteiger partial charge is 0.369 e. The Kier molecular flexibility index (Phi) is 7.19. The molecule has 0 fully saturated rings. The average Bonchev–Trinajstić information content (AvgIpc) is 2.39. The molecule has 0 aliphatic rings. The number of hydrogen-bond acceptors (Lipinski definition) is 2. The van der Waals surface area contributed by atoms with E-state index in [9.17, 15) is 4.79 Å². The summed E-state index contributed by atoms with van der Waals surface area (Å²) in [5.74, 6) is -0.248. The van der Waals surface area contributed by atoms with E-state index in [1.165, 1.54) is 24.0 Å². The van der Waals surface area contributed by atoms with E-state index >= 15 is 0 Å². The topological polar surface area (TPSA) is 46.3 Å². The van der Waals surface area contributed by atoms with Crippen LogP contribution >= 0.6 is 0 Å². The van der Waals surface area contributed by atoms with E-state index < -0.39 is 0 Å². The molecule has 1 aromatic rings. The lowest BCUT2D eigenvalue weighted by atomic mass is 10.1. The second-order valence-electron chi connectivity index (χ2n) is 5.05. The molecule has 0 aliphatic carbocycles. The number of benzene rings is 1. The van der Waals surface area contributed by atoms with Crippen molar-refractivity contribution in [1.82, 2.24) is 4.90 Å². The first kappa shape index (κ1) is 15.7. The number of hydrogen-bond donors (Lipinski definition) is 1. The zero-order valence-electron chi connectivity index (χ0n) is 12.2. The molecule has 19 heavy (non-hydrogen) atoms. The average molecular weight is 262 g/mol. The summed E-state index contributed by atoms with van der Waals surface area (Å²) >= 11 is 0. The van der Waals surface area contributed by atoms with Gasteiger partial charge in [-0.15, -0.1) is 0 Å². The van der Waals surface area contributed by atoms with Crippen LogP contribution in [0.1, 0.15) is 44.2 Å². The fourth-order valence-corrected chi connectivity index (χ4v) is 2.16. The molecule has 0 saturated heterocycles. The van der Waals surface area contributed by atoms with E-state index in [1.807, 2.05) is 0 Å². The molecule has 0 heterocycles. The van der Waals surface area contributed by atoms with Gasteiger partial charge in [0.2, 0.25) is 5.91 Å². The summed E-state index contributed by atoms with van der Waals surface area (Å²) in [5.41, 5.74) is 7.91. The van der Waals surface area contributed by atoms with Gasteiger partial charge in [-0.2, -0.15) is 0 Å². The van der Waals surface area contributed by atoms with Gasteiger partial charge < -0.3 is 5.73 Å². The van der Waals surface area contributed by atoms with Crippen LogP contribution in [0.15, 0.2) is 24.3 Å². The van der Waals surface area contributed by atoms with Crippen LogP contribution in [0.4, 0.5) is 0 Å². The molecule has 0 unspecified atom stereocenters.